The van der Waals surface area contributed by atoms with Gasteiger partial charge in [-0.15, -0.1) is 11.3 Å². The second-order valence-electron chi connectivity index (χ2n) is 6.19. The van der Waals surface area contributed by atoms with E-state index in [9.17, 15) is 14.0 Å². The summed E-state index contributed by atoms with van der Waals surface area (Å²) >= 11 is 2.45. The summed E-state index contributed by atoms with van der Waals surface area (Å²) in [6, 6.07) is 10.3. The molecule has 0 saturated heterocycles. The van der Waals surface area contributed by atoms with Gasteiger partial charge >= 0.3 is 5.97 Å². The van der Waals surface area contributed by atoms with Crippen LogP contribution in [0.25, 0.3) is 11.1 Å². The summed E-state index contributed by atoms with van der Waals surface area (Å²) in [5.74, 6) is -0.861. The maximum atomic E-state index is 14.2. The van der Waals surface area contributed by atoms with Gasteiger partial charge in [-0.05, 0) is 30.3 Å². The number of hydrogen-bond donors (Lipinski definition) is 0. The highest BCUT2D eigenvalue weighted by molar-refractivity contribution is 8.08. The van der Waals surface area contributed by atoms with Gasteiger partial charge in [0, 0.05) is 13.2 Å². The number of methoxy groups -OCH3 is 1. The van der Waals surface area contributed by atoms with E-state index in [1.807, 2.05) is 6.07 Å². The minimum Gasteiger partial charge on any atom is -0.468 e. The maximum absolute atomic E-state index is 14.2. The molecule has 3 heterocycles. The Morgan fingerprint density at radius 3 is 2.79 bits per heavy atom. The van der Waals surface area contributed by atoms with E-state index >= 15 is 0 Å². The maximum Gasteiger partial charge on any atom is 0.325 e. The van der Waals surface area contributed by atoms with Gasteiger partial charge in [-0.2, -0.15) is 0 Å². The molecule has 29 heavy (non-hydrogen) atoms. The van der Waals surface area contributed by atoms with Crippen LogP contribution >= 0.6 is 23.1 Å². The van der Waals surface area contributed by atoms with Crippen LogP contribution in [0, 0.1) is 5.82 Å². The molecule has 1 aliphatic rings. The van der Waals surface area contributed by atoms with Crippen molar-refractivity contribution in [2.24, 2.45) is 0 Å². The minimum absolute atomic E-state index is 0.215. The molecule has 0 amide bonds. The zero-order valence-corrected chi connectivity index (χ0v) is 17.2. The van der Waals surface area contributed by atoms with Crippen molar-refractivity contribution in [3.8, 4) is 0 Å². The van der Waals surface area contributed by atoms with E-state index < -0.39 is 5.97 Å². The normalized spacial score (nSPS) is 15.6. The predicted molar refractivity (Wildman–Crippen MR) is 112 cm³/mol. The zero-order valence-electron chi connectivity index (χ0n) is 15.6. The van der Waals surface area contributed by atoms with Gasteiger partial charge in [0.2, 0.25) is 0 Å². The lowest BCUT2D eigenvalue weighted by molar-refractivity contribution is -0.141. The van der Waals surface area contributed by atoms with Crippen LogP contribution in [0.15, 0.2) is 52.3 Å². The molecule has 0 saturated carbocycles. The summed E-state index contributed by atoms with van der Waals surface area (Å²) < 4.78 is 21.3. The predicted octanol–water partition coefficient (Wildman–Crippen LogP) is 1.75. The second kappa shape index (κ2) is 7.84. The number of halogens is 1. The molecule has 0 aliphatic carbocycles. The molecule has 2 aromatic heterocycles. The minimum atomic E-state index is -0.529. The number of carbonyl (C=O) groups excluding carboxylic acids is 1. The van der Waals surface area contributed by atoms with Crippen LogP contribution in [0.1, 0.15) is 5.69 Å². The van der Waals surface area contributed by atoms with E-state index in [0.29, 0.717) is 30.5 Å². The van der Waals surface area contributed by atoms with Gasteiger partial charge in [0.1, 0.15) is 26.6 Å². The Morgan fingerprint density at radius 1 is 1.28 bits per heavy atom. The number of anilines is 1. The van der Waals surface area contributed by atoms with Gasteiger partial charge in [0.05, 0.1) is 23.4 Å². The quantitative estimate of drug-likeness (QED) is 0.591. The second-order valence-corrected chi connectivity index (χ2v) is 8.22. The third-order valence-corrected chi connectivity index (χ3v) is 6.92. The van der Waals surface area contributed by atoms with Crippen molar-refractivity contribution in [3.05, 3.63) is 73.7 Å². The number of benzene rings is 1. The highest BCUT2D eigenvalue weighted by Crippen LogP contribution is 2.46. The van der Waals surface area contributed by atoms with Gasteiger partial charge in [-0.3, -0.25) is 19.1 Å². The van der Waals surface area contributed by atoms with E-state index in [0.717, 1.165) is 0 Å². The molecule has 6 nitrogen and oxygen atoms in total. The van der Waals surface area contributed by atoms with E-state index in [4.69, 9.17) is 4.74 Å². The van der Waals surface area contributed by atoms with Crippen LogP contribution in [0.5, 0.6) is 0 Å². The third-order valence-electron chi connectivity index (χ3n) is 4.39. The fourth-order valence-electron chi connectivity index (χ4n) is 2.94. The fourth-order valence-corrected chi connectivity index (χ4v) is 5.34. The largest absolute Gasteiger partial charge is 0.468 e. The smallest absolute Gasteiger partial charge is 0.325 e. The van der Waals surface area contributed by atoms with Crippen LogP contribution < -0.4 is 19.7 Å². The Hall–Kier alpha value is -2.91. The van der Waals surface area contributed by atoms with Crippen molar-refractivity contribution in [1.82, 2.24) is 9.55 Å². The number of rotatable bonds is 3. The number of ether oxygens (including phenoxy) is 1. The molecule has 148 valence electrons. The molecule has 0 unspecified atom stereocenters. The molecule has 1 aromatic carbocycles. The SMILES string of the molecule is COC(=O)Cn1c(=Cc2ccccn2)sc(=C2Sc3c(F)cccc3N2C)c1=O. The number of hydrogen-bond acceptors (Lipinski definition) is 7. The summed E-state index contributed by atoms with van der Waals surface area (Å²) in [6.07, 6.45) is 3.39. The van der Waals surface area contributed by atoms with Crippen molar-refractivity contribution < 1.29 is 13.9 Å². The zero-order chi connectivity index (χ0) is 20.5. The molecule has 0 N–H and O–H groups in total. The first-order chi connectivity index (χ1) is 14.0. The van der Waals surface area contributed by atoms with E-state index in [-0.39, 0.29) is 17.9 Å². The molecule has 0 radical (unpaired) electrons. The molecule has 3 aromatic rings. The highest BCUT2D eigenvalue weighted by atomic mass is 32.2. The van der Waals surface area contributed by atoms with Crippen molar-refractivity contribution in [2.45, 2.75) is 11.4 Å². The molecular formula is C20H16FN3O3S2. The molecule has 4 rings (SSSR count). The first kappa shape index (κ1) is 19.4. The van der Waals surface area contributed by atoms with Crippen LogP contribution in [-0.4, -0.2) is 29.7 Å². The van der Waals surface area contributed by atoms with Crippen molar-refractivity contribution in [2.75, 3.05) is 19.1 Å². The Kier molecular flexibility index (Phi) is 5.25. The summed E-state index contributed by atoms with van der Waals surface area (Å²) in [4.78, 5) is 31.6. The summed E-state index contributed by atoms with van der Waals surface area (Å²) in [5, 5.41) is 0.624. The average molecular weight is 429 g/mol. The summed E-state index contributed by atoms with van der Waals surface area (Å²) in [5.41, 5.74) is 1.03. The molecule has 9 heteroatoms. The average Bonchev–Trinajstić information content (AvgIpc) is 3.21. The summed E-state index contributed by atoms with van der Waals surface area (Å²) in [6.45, 7) is -0.215. The number of pyridine rings is 1. The van der Waals surface area contributed by atoms with Gasteiger partial charge in [-0.25, -0.2) is 4.39 Å². The lowest BCUT2D eigenvalue weighted by atomic mass is 10.3. The third kappa shape index (κ3) is 3.58. The van der Waals surface area contributed by atoms with Crippen molar-refractivity contribution in [3.63, 3.8) is 0 Å². The summed E-state index contributed by atoms with van der Waals surface area (Å²) in [7, 11) is 3.07. The molecule has 0 bridgehead atoms. The van der Waals surface area contributed by atoms with Gasteiger partial charge < -0.3 is 9.64 Å². The number of fused-ring (bicyclic) bond motifs is 1. The number of nitrogens with zero attached hydrogens (tertiary/aromatic N) is 3. The topological polar surface area (TPSA) is 64.4 Å². The lowest BCUT2D eigenvalue weighted by Gasteiger charge is -2.11. The molecule has 0 fully saturated rings. The van der Waals surface area contributed by atoms with E-state index in [1.54, 1.807) is 48.5 Å². The molecule has 1 aliphatic heterocycles. The van der Waals surface area contributed by atoms with E-state index in [1.165, 1.54) is 40.8 Å². The van der Waals surface area contributed by atoms with Gasteiger partial charge in [0.15, 0.2) is 0 Å². The van der Waals surface area contributed by atoms with Crippen molar-refractivity contribution in [1.29, 1.82) is 0 Å². The van der Waals surface area contributed by atoms with Crippen LogP contribution in [-0.2, 0) is 16.1 Å². The molecule has 0 spiro atoms. The van der Waals surface area contributed by atoms with Gasteiger partial charge in [0.25, 0.3) is 5.56 Å². The van der Waals surface area contributed by atoms with Crippen LogP contribution in [0.2, 0.25) is 0 Å². The Labute approximate surface area is 173 Å². The van der Waals surface area contributed by atoms with Crippen LogP contribution in [0.4, 0.5) is 10.1 Å². The Morgan fingerprint density at radius 2 is 2.10 bits per heavy atom. The molecular weight excluding hydrogens is 413 g/mol. The highest BCUT2D eigenvalue weighted by Gasteiger charge is 2.27. The first-order valence-electron chi connectivity index (χ1n) is 8.63. The lowest BCUT2D eigenvalue weighted by Crippen LogP contribution is -2.36. The number of thioether (sulfide) groups is 1. The monoisotopic (exact) mass is 429 g/mol. The molecule has 0 atom stereocenters. The fraction of sp³-hybridized carbons (Fsp3) is 0.150. The first-order valence-corrected chi connectivity index (χ1v) is 10.3. The Bertz CT molecular complexity index is 1270. The van der Waals surface area contributed by atoms with Gasteiger partial charge in [-0.1, -0.05) is 23.9 Å². The van der Waals surface area contributed by atoms with Crippen LogP contribution in [0.3, 0.4) is 0 Å². The van der Waals surface area contributed by atoms with Crippen molar-refractivity contribution >= 4 is 45.9 Å². The number of thiazole rings is 1. The van der Waals surface area contributed by atoms with E-state index in [2.05, 4.69) is 4.98 Å². The number of esters is 1. The standard InChI is InChI=1S/C20H16FN3O3S2/c1-23-14-8-5-7-13(21)17(14)29-20(23)18-19(26)24(11-16(25)27-2)15(28-18)10-12-6-3-4-9-22-12/h3-10H,11H2,1-2H3. The Balaban J connectivity index is 1.95. The number of aromatic nitrogens is 2. The number of carbonyl (C=O) groups is 1.